The predicted molar refractivity (Wildman–Crippen MR) is 150 cm³/mol. The molecule has 3 heterocycles. The molecule has 41 heavy (non-hydrogen) atoms. The molecule has 12 heteroatoms. The second-order valence-corrected chi connectivity index (χ2v) is 10.6. The topological polar surface area (TPSA) is 88.7 Å². The van der Waals surface area contributed by atoms with Gasteiger partial charge in [-0.3, -0.25) is 19.0 Å². The van der Waals surface area contributed by atoms with E-state index in [1.54, 1.807) is 48.0 Å². The fraction of sp³-hybridized carbons (Fsp3) is 0.241. The Morgan fingerprint density at radius 2 is 1.85 bits per heavy atom. The molecular weight excluding hydrogens is 603 g/mol. The molecule has 0 saturated carbocycles. The summed E-state index contributed by atoms with van der Waals surface area (Å²) in [7, 11) is 1.53. The molecule has 212 valence electrons. The SMILES string of the molecule is C=CCc1cnn2c3c(c(=O)n(-c4ccc(C(=O)NC)cc4)c12)CC(C)N(C(=O)c1ccc(Br)c(C(F)(F)F)c1)C3. The molecule has 5 rings (SSSR count). The monoisotopic (exact) mass is 627 g/mol. The number of rotatable bonds is 5. The third kappa shape index (κ3) is 4.96. The maximum Gasteiger partial charge on any atom is 0.417 e. The maximum atomic E-state index is 14.0. The van der Waals surface area contributed by atoms with Crippen LogP contribution in [-0.2, 0) is 25.6 Å². The Kier molecular flexibility index (Phi) is 7.37. The van der Waals surface area contributed by atoms with E-state index < -0.39 is 23.7 Å². The molecule has 0 saturated heterocycles. The predicted octanol–water partition coefficient (Wildman–Crippen LogP) is 4.94. The molecule has 0 bridgehead atoms. The van der Waals surface area contributed by atoms with Gasteiger partial charge >= 0.3 is 6.18 Å². The summed E-state index contributed by atoms with van der Waals surface area (Å²) in [5.74, 6) is -0.843. The smallest absolute Gasteiger partial charge is 0.355 e. The zero-order valence-electron chi connectivity index (χ0n) is 22.1. The van der Waals surface area contributed by atoms with Gasteiger partial charge in [0, 0.05) is 39.8 Å². The number of benzene rings is 2. The minimum atomic E-state index is -4.64. The van der Waals surface area contributed by atoms with E-state index in [1.807, 2.05) is 0 Å². The highest BCUT2D eigenvalue weighted by atomic mass is 79.9. The van der Waals surface area contributed by atoms with Gasteiger partial charge in [-0.1, -0.05) is 22.0 Å². The van der Waals surface area contributed by atoms with Gasteiger partial charge in [0.15, 0.2) is 0 Å². The number of aromatic nitrogens is 3. The molecule has 2 aromatic heterocycles. The number of amides is 2. The number of alkyl halides is 3. The molecule has 1 aliphatic heterocycles. The lowest BCUT2D eigenvalue weighted by Gasteiger charge is -2.35. The van der Waals surface area contributed by atoms with Crippen LogP contribution in [0, 0.1) is 0 Å². The maximum absolute atomic E-state index is 14.0. The summed E-state index contributed by atoms with van der Waals surface area (Å²) in [4.78, 5) is 41.1. The van der Waals surface area contributed by atoms with Crippen molar-refractivity contribution in [3.8, 4) is 5.69 Å². The molecule has 1 unspecified atom stereocenters. The van der Waals surface area contributed by atoms with Gasteiger partial charge in [-0.25, -0.2) is 4.52 Å². The second-order valence-electron chi connectivity index (χ2n) is 9.77. The molecule has 0 radical (unpaired) electrons. The fourth-order valence-electron chi connectivity index (χ4n) is 5.14. The average molecular weight is 628 g/mol. The first-order chi connectivity index (χ1) is 19.5. The highest BCUT2D eigenvalue weighted by Gasteiger charge is 2.36. The van der Waals surface area contributed by atoms with Gasteiger partial charge < -0.3 is 10.2 Å². The van der Waals surface area contributed by atoms with Crippen molar-refractivity contribution in [2.45, 2.75) is 38.5 Å². The lowest BCUT2D eigenvalue weighted by Crippen LogP contribution is -2.46. The van der Waals surface area contributed by atoms with Gasteiger partial charge in [-0.15, -0.1) is 6.58 Å². The molecule has 0 aliphatic carbocycles. The number of hydrogen-bond acceptors (Lipinski definition) is 4. The van der Waals surface area contributed by atoms with Gasteiger partial charge in [0.05, 0.1) is 29.7 Å². The summed E-state index contributed by atoms with van der Waals surface area (Å²) in [6, 6.07) is 9.50. The van der Waals surface area contributed by atoms with E-state index in [0.29, 0.717) is 34.6 Å². The Morgan fingerprint density at radius 3 is 2.49 bits per heavy atom. The van der Waals surface area contributed by atoms with Crippen LogP contribution in [0.25, 0.3) is 11.3 Å². The van der Waals surface area contributed by atoms with Gasteiger partial charge in [-0.2, -0.15) is 18.3 Å². The summed E-state index contributed by atoms with van der Waals surface area (Å²) >= 11 is 2.91. The molecule has 2 aromatic carbocycles. The number of nitrogens with zero attached hydrogens (tertiary/aromatic N) is 4. The van der Waals surface area contributed by atoms with E-state index in [-0.39, 0.29) is 34.5 Å². The van der Waals surface area contributed by atoms with Crippen LogP contribution >= 0.6 is 15.9 Å². The highest BCUT2D eigenvalue weighted by molar-refractivity contribution is 9.10. The summed E-state index contributed by atoms with van der Waals surface area (Å²) in [5, 5.41) is 7.10. The molecule has 1 atom stereocenters. The molecule has 4 aromatic rings. The number of fused-ring (bicyclic) bond motifs is 3. The fourth-order valence-corrected chi connectivity index (χ4v) is 5.61. The number of nitrogens with one attached hydrogen (secondary N) is 1. The van der Waals surface area contributed by atoms with Crippen LogP contribution in [0.4, 0.5) is 13.2 Å². The molecule has 2 amide bonds. The second kappa shape index (κ2) is 10.7. The van der Waals surface area contributed by atoms with E-state index in [0.717, 1.165) is 11.6 Å². The van der Waals surface area contributed by atoms with Crippen molar-refractivity contribution in [1.29, 1.82) is 0 Å². The Hall–Kier alpha value is -4.19. The highest BCUT2D eigenvalue weighted by Crippen LogP contribution is 2.36. The number of carbonyl (C=O) groups is 2. The Morgan fingerprint density at radius 1 is 1.17 bits per heavy atom. The van der Waals surface area contributed by atoms with E-state index in [9.17, 15) is 27.6 Å². The summed E-state index contributed by atoms with van der Waals surface area (Å²) in [6.45, 7) is 5.53. The Bertz CT molecular complexity index is 1760. The molecular formula is C29H25BrF3N5O3. The zero-order chi connectivity index (χ0) is 29.6. The van der Waals surface area contributed by atoms with E-state index in [1.165, 1.54) is 28.6 Å². The van der Waals surface area contributed by atoms with E-state index >= 15 is 0 Å². The summed E-state index contributed by atoms with van der Waals surface area (Å²) in [6.07, 6.45) is -0.742. The zero-order valence-corrected chi connectivity index (χ0v) is 23.7. The number of allylic oxidation sites excluding steroid dienone is 1. The van der Waals surface area contributed by atoms with Crippen molar-refractivity contribution >= 4 is 33.4 Å². The first kappa shape index (κ1) is 28.3. The van der Waals surface area contributed by atoms with Crippen molar-refractivity contribution < 1.29 is 22.8 Å². The lowest BCUT2D eigenvalue weighted by molar-refractivity contribution is -0.138. The van der Waals surface area contributed by atoms with Crippen LogP contribution in [0.15, 0.2) is 70.6 Å². The number of halogens is 4. The van der Waals surface area contributed by atoms with Gasteiger partial charge in [0.1, 0.15) is 5.65 Å². The van der Waals surface area contributed by atoms with Crippen molar-refractivity contribution in [2.75, 3.05) is 7.05 Å². The minimum Gasteiger partial charge on any atom is -0.355 e. The third-order valence-corrected chi connectivity index (χ3v) is 7.90. The summed E-state index contributed by atoms with van der Waals surface area (Å²) < 4.78 is 43.5. The van der Waals surface area contributed by atoms with Crippen LogP contribution in [0.1, 0.15) is 50.0 Å². The van der Waals surface area contributed by atoms with Gasteiger partial charge in [0.25, 0.3) is 17.4 Å². The third-order valence-electron chi connectivity index (χ3n) is 7.20. The standard InChI is InChI=1S/C29H25BrF3N5O3/c1-4-5-19-14-35-38-24-15-36(27(40)18-8-11-23(30)22(13-18)29(31,32)33)16(2)12-21(24)28(41)37(26(19)38)20-9-6-17(7-10-20)25(39)34-3/h4,6-11,13-14,16H,1,5,12,15H2,2-3H3,(H,34,39). The van der Waals surface area contributed by atoms with Crippen LogP contribution in [-0.4, -0.2) is 44.0 Å². The van der Waals surface area contributed by atoms with Crippen LogP contribution in [0.2, 0.25) is 0 Å². The molecule has 1 aliphatic rings. The Balaban J connectivity index is 1.63. The number of carbonyl (C=O) groups excluding carboxylic acids is 2. The first-order valence-electron chi connectivity index (χ1n) is 12.7. The van der Waals surface area contributed by atoms with Crippen LogP contribution in [0.3, 0.4) is 0 Å². The first-order valence-corrected chi connectivity index (χ1v) is 13.5. The van der Waals surface area contributed by atoms with Gasteiger partial charge in [0.2, 0.25) is 0 Å². The van der Waals surface area contributed by atoms with Crippen molar-refractivity contribution in [2.24, 2.45) is 0 Å². The number of hydrogen-bond donors (Lipinski definition) is 1. The van der Waals surface area contributed by atoms with Crippen molar-refractivity contribution in [1.82, 2.24) is 24.4 Å². The van der Waals surface area contributed by atoms with E-state index in [4.69, 9.17) is 0 Å². The molecule has 0 fully saturated rings. The van der Waals surface area contributed by atoms with Gasteiger partial charge in [-0.05, 0) is 62.2 Å². The largest absolute Gasteiger partial charge is 0.417 e. The van der Waals surface area contributed by atoms with E-state index in [2.05, 4.69) is 32.9 Å². The minimum absolute atomic E-state index is 0.0237. The molecule has 8 nitrogen and oxygen atoms in total. The Labute approximate surface area is 241 Å². The normalized spacial score (nSPS) is 15.1. The average Bonchev–Trinajstić information content (AvgIpc) is 3.35. The molecule has 0 spiro atoms. The molecule has 1 N–H and O–H groups in total. The van der Waals surface area contributed by atoms with Crippen molar-refractivity contribution in [3.63, 3.8) is 0 Å². The lowest BCUT2D eigenvalue weighted by atomic mass is 9.98. The summed E-state index contributed by atoms with van der Waals surface area (Å²) in [5.41, 5.74) is 1.74. The van der Waals surface area contributed by atoms with Crippen LogP contribution in [0.5, 0.6) is 0 Å². The van der Waals surface area contributed by atoms with Crippen molar-refractivity contribution in [3.05, 3.63) is 110 Å². The quantitative estimate of drug-likeness (QED) is 0.318. The van der Waals surface area contributed by atoms with Crippen LogP contribution < -0.4 is 10.9 Å².